The summed E-state index contributed by atoms with van der Waals surface area (Å²) in [6.07, 6.45) is 3.05. The van der Waals surface area contributed by atoms with E-state index >= 15 is 0 Å². The van der Waals surface area contributed by atoms with Crippen molar-refractivity contribution in [3.8, 4) is 0 Å². The molecule has 0 saturated carbocycles. The maximum Gasteiger partial charge on any atom is 0.312 e. The average Bonchev–Trinajstić information content (AvgIpc) is 2.43. The van der Waals surface area contributed by atoms with Gasteiger partial charge in [-0.3, -0.25) is 4.79 Å². The first-order valence-corrected chi connectivity index (χ1v) is 5.60. The summed E-state index contributed by atoms with van der Waals surface area (Å²) >= 11 is 0. The fraction of sp³-hybridized carbons (Fsp3) is 0.909. The molecule has 2 aliphatic rings. The smallest absolute Gasteiger partial charge is 0.312 e. The van der Waals surface area contributed by atoms with Gasteiger partial charge in [0.1, 0.15) is 6.10 Å². The molecule has 2 aliphatic heterocycles. The summed E-state index contributed by atoms with van der Waals surface area (Å²) in [4.78, 5) is 14.1. The molecule has 0 aliphatic carbocycles. The third kappa shape index (κ3) is 1.54. The van der Waals surface area contributed by atoms with E-state index in [2.05, 4.69) is 11.8 Å². The number of carbonyl (C=O) groups is 1. The van der Waals surface area contributed by atoms with Gasteiger partial charge < -0.3 is 9.64 Å². The highest BCUT2D eigenvalue weighted by Gasteiger charge is 2.48. The van der Waals surface area contributed by atoms with E-state index in [1.807, 2.05) is 6.92 Å². The van der Waals surface area contributed by atoms with Gasteiger partial charge in [-0.15, -0.1) is 0 Å². The Kier molecular flexibility index (Phi) is 2.52. The minimum absolute atomic E-state index is 0.0563. The highest BCUT2D eigenvalue weighted by molar-refractivity contribution is 5.79. The zero-order valence-corrected chi connectivity index (χ0v) is 9.08. The van der Waals surface area contributed by atoms with E-state index < -0.39 is 0 Å². The van der Waals surface area contributed by atoms with Crippen LogP contribution in [0.4, 0.5) is 0 Å². The quantitative estimate of drug-likeness (QED) is 0.595. The monoisotopic (exact) mass is 197 g/mol. The molecule has 2 rings (SSSR count). The van der Waals surface area contributed by atoms with Crippen LogP contribution in [0.5, 0.6) is 0 Å². The van der Waals surface area contributed by atoms with Crippen molar-refractivity contribution >= 4 is 5.97 Å². The first-order valence-electron chi connectivity index (χ1n) is 5.60. The molecular formula is C11H19NO2. The van der Waals surface area contributed by atoms with E-state index in [4.69, 9.17) is 4.74 Å². The lowest BCUT2D eigenvalue weighted by atomic mass is 9.76. The number of esters is 1. The number of ether oxygens (including phenoxy) is 1. The Labute approximate surface area is 85.4 Å². The molecule has 2 fully saturated rings. The van der Waals surface area contributed by atoms with Gasteiger partial charge in [0.2, 0.25) is 0 Å². The number of piperidine rings is 1. The third-order valence-electron chi connectivity index (χ3n) is 3.68. The lowest BCUT2D eigenvalue weighted by molar-refractivity contribution is -0.150. The topological polar surface area (TPSA) is 29.5 Å². The largest absolute Gasteiger partial charge is 0.462 e. The van der Waals surface area contributed by atoms with Crippen molar-refractivity contribution in [3.05, 3.63) is 0 Å². The Morgan fingerprint density at radius 3 is 2.57 bits per heavy atom. The molecule has 0 N–H and O–H groups in total. The van der Waals surface area contributed by atoms with Gasteiger partial charge in [0.25, 0.3) is 0 Å². The molecular weight excluding hydrogens is 178 g/mol. The second kappa shape index (κ2) is 3.54. The Morgan fingerprint density at radius 2 is 2.14 bits per heavy atom. The van der Waals surface area contributed by atoms with Crippen LogP contribution < -0.4 is 0 Å². The van der Waals surface area contributed by atoms with Gasteiger partial charge in [-0.1, -0.05) is 6.92 Å². The van der Waals surface area contributed by atoms with Crippen molar-refractivity contribution < 1.29 is 9.53 Å². The van der Waals surface area contributed by atoms with Crippen LogP contribution in [0.3, 0.4) is 0 Å². The van der Waals surface area contributed by atoms with Gasteiger partial charge in [0.15, 0.2) is 0 Å². The number of likely N-dealkylation sites (tertiary alicyclic amines) is 1. The predicted octanol–water partition coefficient (Wildman–Crippen LogP) is 1.42. The van der Waals surface area contributed by atoms with Crippen LogP contribution in [0.1, 0.15) is 33.1 Å². The number of cyclic esters (lactones) is 1. The molecule has 0 bridgehead atoms. The van der Waals surface area contributed by atoms with Gasteiger partial charge in [0, 0.05) is 6.42 Å². The number of carbonyl (C=O) groups excluding carboxylic acids is 1. The number of nitrogens with zero attached hydrogens (tertiary/aromatic N) is 1. The second-order valence-corrected chi connectivity index (χ2v) is 4.63. The Bertz CT molecular complexity index is 231. The second-order valence-electron chi connectivity index (χ2n) is 4.63. The van der Waals surface area contributed by atoms with E-state index in [1.165, 1.54) is 0 Å². The minimum atomic E-state index is -0.120. The lowest BCUT2D eigenvalue weighted by Gasteiger charge is -2.35. The normalized spacial score (nSPS) is 32.1. The molecule has 3 heteroatoms. The van der Waals surface area contributed by atoms with Crippen LogP contribution in [0.2, 0.25) is 0 Å². The molecule has 0 aromatic heterocycles. The van der Waals surface area contributed by atoms with Crippen molar-refractivity contribution in [2.24, 2.45) is 5.41 Å². The molecule has 1 spiro atoms. The van der Waals surface area contributed by atoms with E-state index in [0.717, 1.165) is 38.9 Å². The van der Waals surface area contributed by atoms with Crippen molar-refractivity contribution in [1.82, 2.24) is 4.90 Å². The molecule has 1 unspecified atom stereocenters. The maximum absolute atomic E-state index is 11.7. The molecule has 14 heavy (non-hydrogen) atoms. The van der Waals surface area contributed by atoms with Crippen LogP contribution in [-0.4, -0.2) is 36.6 Å². The maximum atomic E-state index is 11.7. The summed E-state index contributed by atoms with van der Waals surface area (Å²) < 4.78 is 5.27. The van der Waals surface area contributed by atoms with Gasteiger partial charge >= 0.3 is 5.97 Å². The minimum Gasteiger partial charge on any atom is -0.462 e. The summed E-state index contributed by atoms with van der Waals surface area (Å²) in [5, 5.41) is 0. The SMILES string of the molecule is CCN1CCC2(CC1)CC(C)OC2=O. The zero-order chi connectivity index (χ0) is 10.2. The summed E-state index contributed by atoms with van der Waals surface area (Å²) in [5.41, 5.74) is -0.120. The molecule has 0 aromatic rings. The fourth-order valence-electron chi connectivity index (χ4n) is 2.69. The van der Waals surface area contributed by atoms with Crippen molar-refractivity contribution in [2.75, 3.05) is 19.6 Å². The summed E-state index contributed by atoms with van der Waals surface area (Å²) in [6.45, 7) is 7.38. The third-order valence-corrected chi connectivity index (χ3v) is 3.68. The number of hydrogen-bond donors (Lipinski definition) is 0. The molecule has 0 amide bonds. The first-order chi connectivity index (χ1) is 6.66. The summed E-state index contributed by atoms with van der Waals surface area (Å²) in [6, 6.07) is 0. The van der Waals surface area contributed by atoms with Gasteiger partial charge in [-0.05, 0) is 39.4 Å². The Hall–Kier alpha value is -0.570. The van der Waals surface area contributed by atoms with E-state index in [0.29, 0.717) is 0 Å². The predicted molar refractivity (Wildman–Crippen MR) is 54.0 cm³/mol. The van der Waals surface area contributed by atoms with Gasteiger partial charge in [-0.2, -0.15) is 0 Å². The zero-order valence-electron chi connectivity index (χ0n) is 9.08. The van der Waals surface area contributed by atoms with Crippen LogP contribution in [0.15, 0.2) is 0 Å². The van der Waals surface area contributed by atoms with Crippen LogP contribution >= 0.6 is 0 Å². The molecule has 1 atom stereocenters. The molecule has 3 nitrogen and oxygen atoms in total. The van der Waals surface area contributed by atoms with Crippen LogP contribution in [-0.2, 0) is 9.53 Å². The van der Waals surface area contributed by atoms with Crippen molar-refractivity contribution in [3.63, 3.8) is 0 Å². The van der Waals surface area contributed by atoms with Gasteiger partial charge in [0.05, 0.1) is 5.41 Å². The highest BCUT2D eigenvalue weighted by Crippen LogP contribution is 2.42. The Morgan fingerprint density at radius 1 is 1.50 bits per heavy atom. The summed E-state index contributed by atoms with van der Waals surface area (Å²) in [7, 11) is 0. The number of hydrogen-bond acceptors (Lipinski definition) is 3. The molecule has 80 valence electrons. The highest BCUT2D eigenvalue weighted by atomic mass is 16.6. The summed E-state index contributed by atoms with van der Waals surface area (Å²) in [5.74, 6) is 0.0563. The average molecular weight is 197 g/mol. The van der Waals surface area contributed by atoms with E-state index in [1.54, 1.807) is 0 Å². The van der Waals surface area contributed by atoms with Crippen LogP contribution in [0, 0.1) is 5.41 Å². The Balaban J connectivity index is 2.02. The van der Waals surface area contributed by atoms with E-state index in [-0.39, 0.29) is 17.5 Å². The standard InChI is InChI=1S/C11H19NO2/c1-3-12-6-4-11(5-7-12)8-9(2)14-10(11)13/h9H,3-8H2,1-2H3. The lowest BCUT2D eigenvalue weighted by Crippen LogP contribution is -2.42. The molecule has 2 heterocycles. The fourth-order valence-corrected chi connectivity index (χ4v) is 2.69. The van der Waals surface area contributed by atoms with Gasteiger partial charge in [-0.25, -0.2) is 0 Å². The molecule has 2 saturated heterocycles. The molecule has 0 aromatic carbocycles. The first kappa shape index (κ1) is 9.97. The van der Waals surface area contributed by atoms with Crippen molar-refractivity contribution in [2.45, 2.75) is 39.2 Å². The molecule has 0 radical (unpaired) electrons. The van der Waals surface area contributed by atoms with Crippen LogP contribution in [0.25, 0.3) is 0 Å². The van der Waals surface area contributed by atoms with E-state index in [9.17, 15) is 4.79 Å². The number of rotatable bonds is 1. The van der Waals surface area contributed by atoms with Crippen molar-refractivity contribution in [1.29, 1.82) is 0 Å².